The predicted octanol–water partition coefficient (Wildman–Crippen LogP) is 2.47. The number of amides is 1. The number of carbonyl (C=O) groups is 1. The number of aryl methyl sites for hydroxylation is 2. The molecular weight excluding hydrogens is 378 g/mol. The number of hydrazone groups is 1. The smallest absolute Gasteiger partial charge is 0.277 e. The van der Waals surface area contributed by atoms with Crippen molar-refractivity contribution in [3.63, 3.8) is 0 Å². The molecule has 0 atom stereocenters. The number of nitrogens with zero attached hydrogens (tertiary/aromatic N) is 2. The SMILES string of the molecule is C/C(=N/NC(=O)COc1cc(C)ccc1C)c1ccc(S(=O)(=O)N(C)C)cc1. The van der Waals surface area contributed by atoms with E-state index in [0.717, 1.165) is 15.4 Å². The van der Waals surface area contributed by atoms with Crippen molar-refractivity contribution in [1.82, 2.24) is 9.73 Å². The summed E-state index contributed by atoms with van der Waals surface area (Å²) < 4.78 is 30.9. The number of hydrogen-bond acceptors (Lipinski definition) is 5. The van der Waals surface area contributed by atoms with Gasteiger partial charge in [0.1, 0.15) is 5.75 Å². The molecule has 150 valence electrons. The highest BCUT2D eigenvalue weighted by molar-refractivity contribution is 7.89. The van der Waals surface area contributed by atoms with Crippen LogP contribution in [0.5, 0.6) is 5.75 Å². The van der Waals surface area contributed by atoms with E-state index in [-0.39, 0.29) is 17.4 Å². The number of benzene rings is 2. The maximum atomic E-state index is 12.1. The molecule has 2 aromatic carbocycles. The molecule has 0 unspecified atom stereocenters. The van der Waals surface area contributed by atoms with Crippen LogP contribution in [0.2, 0.25) is 0 Å². The zero-order valence-corrected chi connectivity index (χ0v) is 17.5. The monoisotopic (exact) mass is 403 g/mol. The molecule has 0 aliphatic carbocycles. The van der Waals surface area contributed by atoms with E-state index in [9.17, 15) is 13.2 Å². The Labute approximate surface area is 166 Å². The molecule has 0 saturated carbocycles. The summed E-state index contributed by atoms with van der Waals surface area (Å²) in [5.74, 6) is 0.278. The van der Waals surface area contributed by atoms with Crippen molar-refractivity contribution in [3.05, 3.63) is 59.2 Å². The topological polar surface area (TPSA) is 88.1 Å². The Morgan fingerprint density at radius 2 is 1.75 bits per heavy atom. The molecule has 0 bridgehead atoms. The maximum Gasteiger partial charge on any atom is 0.277 e. The van der Waals surface area contributed by atoms with Gasteiger partial charge in [-0.3, -0.25) is 4.79 Å². The summed E-state index contributed by atoms with van der Waals surface area (Å²) in [6.07, 6.45) is 0. The first kappa shape index (κ1) is 21.6. The highest BCUT2D eigenvalue weighted by Crippen LogP contribution is 2.19. The largest absolute Gasteiger partial charge is 0.483 e. The van der Waals surface area contributed by atoms with Crippen molar-refractivity contribution in [2.24, 2.45) is 5.10 Å². The molecule has 1 amide bonds. The fraction of sp³-hybridized carbons (Fsp3) is 0.300. The molecular formula is C20H25N3O4S. The molecule has 0 aliphatic rings. The lowest BCUT2D eigenvalue weighted by molar-refractivity contribution is -0.123. The fourth-order valence-corrected chi connectivity index (χ4v) is 3.23. The first-order chi connectivity index (χ1) is 13.1. The average molecular weight is 404 g/mol. The van der Waals surface area contributed by atoms with Crippen LogP contribution in [-0.4, -0.2) is 45.0 Å². The van der Waals surface area contributed by atoms with Gasteiger partial charge in [-0.15, -0.1) is 0 Å². The molecule has 0 heterocycles. The minimum Gasteiger partial charge on any atom is -0.483 e. The molecule has 0 radical (unpaired) electrons. The second-order valence-electron chi connectivity index (χ2n) is 6.60. The normalized spacial score (nSPS) is 12.1. The highest BCUT2D eigenvalue weighted by Gasteiger charge is 2.16. The van der Waals surface area contributed by atoms with Gasteiger partial charge in [-0.25, -0.2) is 18.1 Å². The van der Waals surface area contributed by atoms with Gasteiger partial charge in [-0.2, -0.15) is 5.10 Å². The van der Waals surface area contributed by atoms with Crippen LogP contribution in [0.15, 0.2) is 52.5 Å². The van der Waals surface area contributed by atoms with E-state index >= 15 is 0 Å². The third kappa shape index (κ3) is 5.40. The van der Waals surface area contributed by atoms with Crippen molar-refractivity contribution in [1.29, 1.82) is 0 Å². The molecule has 2 rings (SSSR count). The van der Waals surface area contributed by atoms with E-state index in [1.54, 1.807) is 19.1 Å². The molecule has 7 nitrogen and oxygen atoms in total. The van der Waals surface area contributed by atoms with Crippen molar-refractivity contribution in [2.45, 2.75) is 25.7 Å². The van der Waals surface area contributed by atoms with E-state index in [4.69, 9.17) is 4.74 Å². The van der Waals surface area contributed by atoms with Crippen LogP contribution in [0.4, 0.5) is 0 Å². The number of nitrogens with one attached hydrogen (secondary N) is 1. The molecule has 0 fully saturated rings. The van der Waals surface area contributed by atoms with Gasteiger partial charge in [0.2, 0.25) is 10.0 Å². The van der Waals surface area contributed by atoms with Crippen molar-refractivity contribution in [3.8, 4) is 5.75 Å². The van der Waals surface area contributed by atoms with Crippen molar-refractivity contribution in [2.75, 3.05) is 20.7 Å². The number of ether oxygens (including phenoxy) is 1. The molecule has 0 aromatic heterocycles. The lowest BCUT2D eigenvalue weighted by Crippen LogP contribution is -2.25. The second-order valence-corrected chi connectivity index (χ2v) is 8.75. The summed E-state index contributed by atoms with van der Waals surface area (Å²) in [7, 11) is -0.522. The minimum atomic E-state index is -3.48. The molecule has 2 aromatic rings. The van der Waals surface area contributed by atoms with Crippen LogP contribution in [0, 0.1) is 13.8 Å². The summed E-state index contributed by atoms with van der Waals surface area (Å²) in [5, 5.41) is 4.05. The summed E-state index contributed by atoms with van der Waals surface area (Å²) in [6, 6.07) is 12.1. The van der Waals surface area contributed by atoms with Crippen LogP contribution >= 0.6 is 0 Å². The summed E-state index contributed by atoms with van der Waals surface area (Å²) in [6.45, 7) is 5.44. The zero-order valence-electron chi connectivity index (χ0n) is 16.7. The Bertz CT molecular complexity index is 981. The van der Waals surface area contributed by atoms with E-state index in [1.165, 1.54) is 26.2 Å². The van der Waals surface area contributed by atoms with Crippen LogP contribution in [0.1, 0.15) is 23.6 Å². The Hall–Kier alpha value is -2.71. The van der Waals surface area contributed by atoms with Crippen LogP contribution in [0.25, 0.3) is 0 Å². The van der Waals surface area contributed by atoms with Crippen LogP contribution in [0.3, 0.4) is 0 Å². The average Bonchev–Trinajstić information content (AvgIpc) is 2.66. The minimum absolute atomic E-state index is 0.152. The van der Waals surface area contributed by atoms with Gasteiger partial charge in [0.05, 0.1) is 10.6 Å². The van der Waals surface area contributed by atoms with Gasteiger partial charge in [0.25, 0.3) is 5.91 Å². The Balaban J connectivity index is 1.98. The summed E-state index contributed by atoms with van der Waals surface area (Å²) >= 11 is 0. The Kier molecular flexibility index (Phi) is 6.93. The highest BCUT2D eigenvalue weighted by atomic mass is 32.2. The molecule has 0 saturated heterocycles. The zero-order chi connectivity index (χ0) is 20.9. The summed E-state index contributed by atoms with van der Waals surface area (Å²) in [4.78, 5) is 12.2. The number of sulfonamides is 1. The lowest BCUT2D eigenvalue weighted by Gasteiger charge is -2.11. The van der Waals surface area contributed by atoms with Gasteiger partial charge in [0, 0.05) is 14.1 Å². The van der Waals surface area contributed by atoms with Crippen molar-refractivity contribution >= 4 is 21.6 Å². The standard InChI is InChI=1S/C20H25N3O4S/c1-14-6-7-15(2)19(12-14)27-13-20(24)22-21-16(3)17-8-10-18(11-9-17)28(25,26)23(4)5/h6-12H,13H2,1-5H3,(H,22,24)/b21-16-. The van der Waals surface area contributed by atoms with Crippen molar-refractivity contribution < 1.29 is 17.9 Å². The Morgan fingerprint density at radius 3 is 2.36 bits per heavy atom. The molecule has 1 N–H and O–H groups in total. The maximum absolute atomic E-state index is 12.1. The number of hydrogen-bond donors (Lipinski definition) is 1. The van der Waals surface area contributed by atoms with Gasteiger partial charge in [-0.05, 0) is 55.7 Å². The van der Waals surface area contributed by atoms with Gasteiger partial charge in [0.15, 0.2) is 6.61 Å². The molecule has 28 heavy (non-hydrogen) atoms. The van der Waals surface area contributed by atoms with E-state index in [0.29, 0.717) is 17.0 Å². The van der Waals surface area contributed by atoms with Gasteiger partial charge >= 0.3 is 0 Å². The lowest BCUT2D eigenvalue weighted by atomic mass is 10.1. The van der Waals surface area contributed by atoms with Gasteiger partial charge < -0.3 is 4.74 Å². The van der Waals surface area contributed by atoms with E-state index < -0.39 is 10.0 Å². The molecule has 0 aliphatic heterocycles. The van der Waals surface area contributed by atoms with Crippen LogP contribution < -0.4 is 10.2 Å². The first-order valence-corrected chi connectivity index (χ1v) is 10.1. The molecule has 8 heteroatoms. The van der Waals surface area contributed by atoms with Gasteiger partial charge in [-0.1, -0.05) is 24.3 Å². The molecule has 0 spiro atoms. The number of rotatable bonds is 7. The second kappa shape index (κ2) is 8.99. The van der Waals surface area contributed by atoms with E-state index in [1.807, 2.05) is 32.0 Å². The van der Waals surface area contributed by atoms with Crippen LogP contribution in [-0.2, 0) is 14.8 Å². The summed E-state index contributed by atoms with van der Waals surface area (Å²) in [5.41, 5.74) is 5.70. The van der Waals surface area contributed by atoms with E-state index in [2.05, 4.69) is 10.5 Å². The third-order valence-electron chi connectivity index (χ3n) is 4.10. The quantitative estimate of drug-likeness (QED) is 0.568. The number of carbonyl (C=O) groups excluding carboxylic acids is 1. The fourth-order valence-electron chi connectivity index (χ4n) is 2.33. The third-order valence-corrected chi connectivity index (χ3v) is 5.93. The first-order valence-electron chi connectivity index (χ1n) is 8.67. The predicted molar refractivity (Wildman–Crippen MR) is 109 cm³/mol. The Morgan fingerprint density at radius 1 is 1.11 bits per heavy atom.